The van der Waals surface area contributed by atoms with E-state index in [2.05, 4.69) is 10.3 Å². The highest BCUT2D eigenvalue weighted by atomic mass is 35.5. The Morgan fingerprint density at radius 2 is 2.54 bits per heavy atom. The van der Waals surface area contributed by atoms with Crippen LogP contribution in [0.2, 0.25) is 5.15 Å². The highest BCUT2D eigenvalue weighted by Crippen LogP contribution is 2.24. The summed E-state index contributed by atoms with van der Waals surface area (Å²) in [5.74, 6) is 0.513. The van der Waals surface area contributed by atoms with Gasteiger partial charge in [-0.1, -0.05) is 11.6 Å². The molecule has 1 N–H and O–H groups in total. The number of carbonyl (C=O) groups excluding carboxylic acids is 1. The van der Waals surface area contributed by atoms with Crippen LogP contribution in [0.1, 0.15) is 0 Å². The van der Waals surface area contributed by atoms with Gasteiger partial charge in [0.1, 0.15) is 11.8 Å². The number of rotatable bonds is 4. The van der Waals surface area contributed by atoms with E-state index in [0.29, 0.717) is 22.9 Å². The number of aromatic nitrogens is 1. The number of ether oxygens (including phenoxy) is 1. The molecule has 0 aliphatic rings. The van der Waals surface area contributed by atoms with Gasteiger partial charge in [-0.3, -0.25) is 4.79 Å². The molecule has 0 fully saturated rings. The molecule has 0 atom stereocenters. The summed E-state index contributed by atoms with van der Waals surface area (Å²) in [5.41, 5.74) is 0.710. The van der Waals surface area contributed by atoms with Crippen LogP contribution in [0.5, 0.6) is 5.75 Å². The first-order valence-corrected chi connectivity index (χ1v) is 4.05. The molecule has 1 aromatic heterocycles. The molecule has 70 valence electrons. The van der Waals surface area contributed by atoms with Crippen molar-refractivity contribution >= 4 is 23.6 Å². The van der Waals surface area contributed by atoms with Crippen LogP contribution in [0, 0.1) is 0 Å². The number of anilines is 1. The van der Waals surface area contributed by atoms with Gasteiger partial charge in [0.05, 0.1) is 11.9 Å². The maximum atomic E-state index is 10.1. The number of carbonyl (C=O) groups is 1. The molecular formula is C8H9ClN2O2. The Labute approximate surface area is 80.9 Å². The number of pyridine rings is 1. The third-order valence-corrected chi connectivity index (χ3v) is 1.62. The average molecular weight is 201 g/mol. The zero-order valence-electron chi connectivity index (χ0n) is 7.08. The summed E-state index contributed by atoms with van der Waals surface area (Å²) in [6.07, 6.45) is 2.14. The highest BCUT2D eigenvalue weighted by molar-refractivity contribution is 6.29. The first-order valence-electron chi connectivity index (χ1n) is 3.67. The van der Waals surface area contributed by atoms with Gasteiger partial charge in [-0.05, 0) is 0 Å². The predicted octanol–water partition coefficient (Wildman–Crippen LogP) is 1.35. The van der Waals surface area contributed by atoms with Crippen LogP contribution < -0.4 is 10.1 Å². The number of hydrogen-bond acceptors (Lipinski definition) is 4. The zero-order chi connectivity index (χ0) is 9.68. The zero-order valence-corrected chi connectivity index (χ0v) is 7.84. The monoisotopic (exact) mass is 200 g/mol. The van der Waals surface area contributed by atoms with Gasteiger partial charge in [0.2, 0.25) is 0 Å². The molecule has 1 rings (SSSR count). The van der Waals surface area contributed by atoms with E-state index < -0.39 is 0 Å². The smallest absolute Gasteiger partial charge is 0.161 e. The van der Waals surface area contributed by atoms with Crippen molar-refractivity contribution in [3.8, 4) is 5.75 Å². The number of nitrogens with one attached hydrogen (secondary N) is 1. The Balaban J connectivity index is 2.85. The molecule has 0 saturated carbocycles. The Morgan fingerprint density at radius 1 is 1.77 bits per heavy atom. The van der Waals surface area contributed by atoms with E-state index in [1.54, 1.807) is 13.1 Å². The number of aldehydes is 1. The van der Waals surface area contributed by atoms with Crippen LogP contribution in [0.25, 0.3) is 0 Å². The van der Waals surface area contributed by atoms with Crippen LogP contribution >= 0.6 is 11.6 Å². The topological polar surface area (TPSA) is 51.2 Å². The second kappa shape index (κ2) is 4.67. The molecule has 0 radical (unpaired) electrons. The van der Waals surface area contributed by atoms with Crippen molar-refractivity contribution in [2.24, 2.45) is 0 Å². The summed E-state index contributed by atoms with van der Waals surface area (Å²) in [5, 5.41) is 3.26. The second-order valence-electron chi connectivity index (χ2n) is 2.23. The van der Waals surface area contributed by atoms with Crippen LogP contribution in [-0.2, 0) is 4.79 Å². The molecule has 5 heteroatoms. The second-order valence-corrected chi connectivity index (χ2v) is 2.62. The minimum atomic E-state index is 0.0119. The van der Waals surface area contributed by atoms with Gasteiger partial charge in [-0.25, -0.2) is 4.98 Å². The van der Waals surface area contributed by atoms with E-state index in [-0.39, 0.29) is 6.61 Å². The van der Waals surface area contributed by atoms with Gasteiger partial charge >= 0.3 is 0 Å². The third kappa shape index (κ3) is 2.59. The summed E-state index contributed by atoms with van der Waals surface area (Å²) in [6.45, 7) is 0.0119. The van der Waals surface area contributed by atoms with E-state index in [1.165, 1.54) is 6.20 Å². The molecule has 0 aromatic carbocycles. The lowest BCUT2D eigenvalue weighted by Gasteiger charge is -2.08. The van der Waals surface area contributed by atoms with Crippen molar-refractivity contribution < 1.29 is 9.53 Å². The molecule has 0 saturated heterocycles. The molecule has 0 unspecified atom stereocenters. The van der Waals surface area contributed by atoms with E-state index in [1.807, 2.05) is 0 Å². The van der Waals surface area contributed by atoms with Gasteiger partial charge in [-0.15, -0.1) is 0 Å². The predicted molar refractivity (Wildman–Crippen MR) is 50.4 cm³/mol. The summed E-state index contributed by atoms with van der Waals surface area (Å²) in [4.78, 5) is 13.9. The van der Waals surface area contributed by atoms with Crippen LogP contribution in [0.4, 0.5) is 5.69 Å². The van der Waals surface area contributed by atoms with Crippen LogP contribution in [-0.4, -0.2) is 24.9 Å². The molecule has 0 aliphatic heterocycles. The van der Waals surface area contributed by atoms with Crippen molar-refractivity contribution in [1.82, 2.24) is 4.98 Å². The molecule has 0 bridgehead atoms. The minimum absolute atomic E-state index is 0.0119. The van der Waals surface area contributed by atoms with Crippen LogP contribution in [0.3, 0.4) is 0 Å². The van der Waals surface area contributed by atoms with Crippen molar-refractivity contribution in [2.75, 3.05) is 19.0 Å². The fraction of sp³-hybridized carbons (Fsp3) is 0.250. The first kappa shape index (κ1) is 9.80. The summed E-state index contributed by atoms with van der Waals surface area (Å²) < 4.78 is 5.08. The van der Waals surface area contributed by atoms with Gasteiger partial charge in [0.25, 0.3) is 0 Å². The largest absolute Gasteiger partial charge is 0.482 e. The fourth-order valence-corrected chi connectivity index (χ4v) is 1.01. The van der Waals surface area contributed by atoms with Gasteiger partial charge < -0.3 is 10.1 Å². The standard InChI is InChI=1S/C8H9ClN2O2/c1-10-6-4-8(9)11-5-7(6)13-3-2-12/h2,4-5H,3H2,1H3,(H,10,11). The molecule has 0 spiro atoms. The van der Waals surface area contributed by atoms with E-state index in [4.69, 9.17) is 16.3 Å². The Bertz CT molecular complexity index is 304. The van der Waals surface area contributed by atoms with Crippen molar-refractivity contribution in [2.45, 2.75) is 0 Å². The molecular weight excluding hydrogens is 192 g/mol. The molecule has 0 aliphatic carbocycles. The lowest BCUT2D eigenvalue weighted by Crippen LogP contribution is -2.01. The summed E-state index contributed by atoms with van der Waals surface area (Å²) >= 11 is 5.65. The van der Waals surface area contributed by atoms with Crippen molar-refractivity contribution in [3.63, 3.8) is 0 Å². The Morgan fingerprint density at radius 3 is 3.15 bits per heavy atom. The van der Waals surface area contributed by atoms with E-state index in [9.17, 15) is 4.79 Å². The van der Waals surface area contributed by atoms with Gasteiger partial charge in [0.15, 0.2) is 12.0 Å². The van der Waals surface area contributed by atoms with Gasteiger partial charge in [0, 0.05) is 13.1 Å². The highest BCUT2D eigenvalue weighted by Gasteiger charge is 2.02. The third-order valence-electron chi connectivity index (χ3n) is 1.41. The number of nitrogens with zero attached hydrogens (tertiary/aromatic N) is 1. The quantitative estimate of drug-likeness (QED) is 0.589. The lowest BCUT2D eigenvalue weighted by atomic mass is 10.4. The molecule has 0 amide bonds. The molecule has 1 aromatic rings. The summed E-state index contributed by atoms with van der Waals surface area (Å²) in [6, 6.07) is 1.63. The van der Waals surface area contributed by atoms with Crippen molar-refractivity contribution in [3.05, 3.63) is 17.4 Å². The first-order chi connectivity index (χ1) is 6.27. The number of halogens is 1. The Kier molecular flexibility index (Phi) is 3.52. The SMILES string of the molecule is CNc1cc(Cl)ncc1OCC=O. The summed E-state index contributed by atoms with van der Waals surface area (Å²) in [7, 11) is 1.74. The van der Waals surface area contributed by atoms with Crippen molar-refractivity contribution in [1.29, 1.82) is 0 Å². The molecule has 1 heterocycles. The minimum Gasteiger partial charge on any atom is -0.482 e. The van der Waals surface area contributed by atoms with E-state index in [0.717, 1.165) is 0 Å². The average Bonchev–Trinajstić information content (AvgIpc) is 2.16. The molecule has 13 heavy (non-hydrogen) atoms. The van der Waals surface area contributed by atoms with E-state index >= 15 is 0 Å². The fourth-order valence-electron chi connectivity index (χ4n) is 0.852. The van der Waals surface area contributed by atoms with Gasteiger partial charge in [-0.2, -0.15) is 0 Å². The lowest BCUT2D eigenvalue weighted by molar-refractivity contribution is -0.109. The number of hydrogen-bond donors (Lipinski definition) is 1. The maximum Gasteiger partial charge on any atom is 0.161 e. The normalized spacial score (nSPS) is 9.38. The van der Waals surface area contributed by atoms with Crippen LogP contribution in [0.15, 0.2) is 12.3 Å². The molecule has 4 nitrogen and oxygen atoms in total. The maximum absolute atomic E-state index is 10.1. The Hall–Kier alpha value is -1.29.